The lowest BCUT2D eigenvalue weighted by Gasteiger charge is -2.36. The quantitative estimate of drug-likeness (QED) is 0.681. The standard InChI is InChI=1S/C16H34N2O2/c1-5-16(13-19,17-14(2)3)9-6-10-18(4)15-7-11-20-12-8-15/h14-15,17,19H,5-13H2,1-4H3. The fourth-order valence-electron chi connectivity index (χ4n) is 3.18. The van der Waals surface area contributed by atoms with Crippen molar-refractivity contribution in [2.24, 2.45) is 0 Å². The first-order valence-electron chi connectivity index (χ1n) is 8.19. The van der Waals surface area contributed by atoms with E-state index in [1.807, 2.05) is 0 Å². The summed E-state index contributed by atoms with van der Waals surface area (Å²) in [4.78, 5) is 2.47. The molecule has 1 atom stereocenters. The van der Waals surface area contributed by atoms with Gasteiger partial charge in [-0.25, -0.2) is 0 Å². The Hall–Kier alpha value is -0.160. The number of nitrogens with zero attached hydrogens (tertiary/aromatic N) is 1. The SMILES string of the molecule is CCC(CO)(CCCN(C)C1CCOCC1)NC(C)C. The number of aliphatic hydroxyl groups is 1. The van der Waals surface area contributed by atoms with Crippen LogP contribution in [-0.4, -0.2) is 61.0 Å². The molecule has 0 aliphatic carbocycles. The van der Waals surface area contributed by atoms with Gasteiger partial charge in [-0.2, -0.15) is 0 Å². The van der Waals surface area contributed by atoms with Crippen molar-refractivity contribution in [3.8, 4) is 0 Å². The highest BCUT2D eigenvalue weighted by atomic mass is 16.5. The number of ether oxygens (including phenoxy) is 1. The van der Waals surface area contributed by atoms with Gasteiger partial charge in [-0.15, -0.1) is 0 Å². The molecule has 1 heterocycles. The fraction of sp³-hybridized carbons (Fsp3) is 1.00. The molecule has 4 heteroatoms. The molecular formula is C16H34N2O2. The average molecular weight is 286 g/mol. The van der Waals surface area contributed by atoms with Gasteiger partial charge in [0.05, 0.1) is 6.61 Å². The third-order valence-electron chi connectivity index (χ3n) is 4.55. The van der Waals surface area contributed by atoms with Gasteiger partial charge >= 0.3 is 0 Å². The van der Waals surface area contributed by atoms with Gasteiger partial charge in [0.2, 0.25) is 0 Å². The van der Waals surface area contributed by atoms with Crippen LogP contribution in [0.4, 0.5) is 0 Å². The van der Waals surface area contributed by atoms with Gasteiger partial charge in [0.1, 0.15) is 0 Å². The van der Waals surface area contributed by atoms with Crippen LogP contribution in [0.1, 0.15) is 52.9 Å². The Labute approximate surface area is 124 Å². The number of aliphatic hydroxyl groups excluding tert-OH is 1. The van der Waals surface area contributed by atoms with Gasteiger partial charge in [-0.3, -0.25) is 0 Å². The largest absolute Gasteiger partial charge is 0.394 e. The van der Waals surface area contributed by atoms with E-state index in [1.54, 1.807) is 0 Å². The van der Waals surface area contributed by atoms with Crippen molar-refractivity contribution in [1.82, 2.24) is 10.2 Å². The van der Waals surface area contributed by atoms with Crippen LogP contribution in [0.5, 0.6) is 0 Å². The second-order valence-corrected chi connectivity index (χ2v) is 6.52. The lowest BCUT2D eigenvalue weighted by Crippen LogP contribution is -2.51. The Morgan fingerprint density at radius 3 is 2.50 bits per heavy atom. The molecule has 1 fully saturated rings. The van der Waals surface area contributed by atoms with Crippen molar-refractivity contribution in [3.63, 3.8) is 0 Å². The van der Waals surface area contributed by atoms with E-state index in [9.17, 15) is 5.11 Å². The number of rotatable bonds is 9. The van der Waals surface area contributed by atoms with Crippen molar-refractivity contribution < 1.29 is 9.84 Å². The van der Waals surface area contributed by atoms with Crippen molar-refractivity contribution in [3.05, 3.63) is 0 Å². The van der Waals surface area contributed by atoms with Crippen molar-refractivity contribution >= 4 is 0 Å². The summed E-state index contributed by atoms with van der Waals surface area (Å²) in [6.07, 6.45) is 5.44. The molecule has 1 rings (SSSR count). The summed E-state index contributed by atoms with van der Waals surface area (Å²) in [5.74, 6) is 0. The zero-order chi connectivity index (χ0) is 15.0. The van der Waals surface area contributed by atoms with Crippen molar-refractivity contribution in [2.75, 3.05) is 33.4 Å². The fourth-order valence-corrected chi connectivity index (χ4v) is 3.18. The van der Waals surface area contributed by atoms with Crippen LogP contribution in [0.2, 0.25) is 0 Å². The molecule has 1 aliphatic heterocycles. The summed E-state index contributed by atoms with van der Waals surface area (Å²) in [5, 5.41) is 13.3. The highest BCUT2D eigenvalue weighted by Gasteiger charge is 2.27. The van der Waals surface area contributed by atoms with Crippen LogP contribution in [0.15, 0.2) is 0 Å². The van der Waals surface area contributed by atoms with E-state index in [2.05, 4.69) is 38.0 Å². The normalized spacial score (nSPS) is 20.6. The van der Waals surface area contributed by atoms with E-state index in [0.29, 0.717) is 12.1 Å². The molecule has 0 aromatic carbocycles. The minimum Gasteiger partial charge on any atom is -0.394 e. The van der Waals surface area contributed by atoms with Crippen molar-refractivity contribution in [1.29, 1.82) is 0 Å². The number of hydrogen-bond donors (Lipinski definition) is 2. The van der Waals surface area contributed by atoms with E-state index in [-0.39, 0.29) is 12.1 Å². The molecule has 0 aromatic heterocycles. The first-order chi connectivity index (χ1) is 9.53. The number of nitrogens with one attached hydrogen (secondary N) is 1. The Bertz CT molecular complexity index is 249. The van der Waals surface area contributed by atoms with E-state index >= 15 is 0 Å². The summed E-state index contributed by atoms with van der Waals surface area (Å²) < 4.78 is 5.42. The zero-order valence-electron chi connectivity index (χ0n) is 13.8. The summed E-state index contributed by atoms with van der Waals surface area (Å²) in [6, 6.07) is 1.09. The maximum absolute atomic E-state index is 9.75. The second kappa shape index (κ2) is 8.98. The van der Waals surface area contributed by atoms with Gasteiger partial charge < -0.3 is 20.1 Å². The second-order valence-electron chi connectivity index (χ2n) is 6.52. The minimum absolute atomic E-state index is 0.106. The molecule has 0 saturated carbocycles. The molecule has 120 valence electrons. The van der Waals surface area contributed by atoms with Crippen LogP contribution in [0, 0.1) is 0 Å². The monoisotopic (exact) mass is 286 g/mol. The molecule has 4 nitrogen and oxygen atoms in total. The third kappa shape index (κ3) is 5.68. The lowest BCUT2D eigenvalue weighted by atomic mass is 9.90. The summed E-state index contributed by atoms with van der Waals surface area (Å²) in [5.41, 5.74) is -0.106. The molecule has 20 heavy (non-hydrogen) atoms. The Kier molecular flexibility index (Phi) is 8.03. The van der Waals surface area contributed by atoms with E-state index in [0.717, 1.165) is 51.9 Å². The van der Waals surface area contributed by atoms with Gasteiger partial charge in [0, 0.05) is 30.8 Å². The Morgan fingerprint density at radius 2 is 2.00 bits per heavy atom. The molecule has 1 unspecified atom stereocenters. The van der Waals surface area contributed by atoms with E-state index in [4.69, 9.17) is 4.74 Å². The summed E-state index contributed by atoms with van der Waals surface area (Å²) in [7, 11) is 2.22. The van der Waals surface area contributed by atoms with Gasteiger partial charge in [0.15, 0.2) is 0 Å². The van der Waals surface area contributed by atoms with Crippen LogP contribution < -0.4 is 5.32 Å². The lowest BCUT2D eigenvalue weighted by molar-refractivity contribution is 0.0409. The number of hydrogen-bond acceptors (Lipinski definition) is 4. The zero-order valence-corrected chi connectivity index (χ0v) is 13.8. The predicted molar refractivity (Wildman–Crippen MR) is 84.1 cm³/mol. The highest BCUT2D eigenvalue weighted by molar-refractivity contribution is 4.88. The maximum atomic E-state index is 9.75. The molecular weight excluding hydrogens is 252 g/mol. The van der Waals surface area contributed by atoms with Crippen LogP contribution in [0.3, 0.4) is 0 Å². The van der Waals surface area contributed by atoms with E-state index < -0.39 is 0 Å². The van der Waals surface area contributed by atoms with Crippen LogP contribution in [-0.2, 0) is 4.74 Å². The molecule has 0 aromatic rings. The maximum Gasteiger partial charge on any atom is 0.0613 e. The minimum atomic E-state index is -0.106. The van der Waals surface area contributed by atoms with Gasteiger partial charge in [-0.05, 0) is 45.7 Å². The Morgan fingerprint density at radius 1 is 1.35 bits per heavy atom. The predicted octanol–water partition coefficient (Wildman–Crippen LogP) is 2.02. The molecule has 0 bridgehead atoms. The molecule has 1 saturated heterocycles. The molecule has 0 amide bonds. The highest BCUT2D eigenvalue weighted by Crippen LogP contribution is 2.20. The third-order valence-corrected chi connectivity index (χ3v) is 4.55. The van der Waals surface area contributed by atoms with Crippen LogP contribution in [0.25, 0.3) is 0 Å². The van der Waals surface area contributed by atoms with Gasteiger partial charge in [-0.1, -0.05) is 20.8 Å². The summed E-state index contributed by atoms with van der Waals surface area (Å²) in [6.45, 7) is 9.59. The molecule has 0 spiro atoms. The topological polar surface area (TPSA) is 44.7 Å². The Balaban J connectivity index is 2.35. The smallest absolute Gasteiger partial charge is 0.0613 e. The van der Waals surface area contributed by atoms with Crippen LogP contribution >= 0.6 is 0 Å². The molecule has 2 N–H and O–H groups in total. The first kappa shape index (κ1) is 17.9. The summed E-state index contributed by atoms with van der Waals surface area (Å²) >= 11 is 0. The molecule has 0 radical (unpaired) electrons. The van der Waals surface area contributed by atoms with Gasteiger partial charge in [0.25, 0.3) is 0 Å². The first-order valence-corrected chi connectivity index (χ1v) is 8.19. The van der Waals surface area contributed by atoms with E-state index in [1.165, 1.54) is 0 Å². The average Bonchev–Trinajstić information content (AvgIpc) is 2.46. The van der Waals surface area contributed by atoms with Crippen molar-refractivity contribution in [2.45, 2.75) is 70.5 Å². The molecule has 1 aliphatic rings.